The number of nitrogens with zero attached hydrogens (tertiary/aromatic N) is 3. The third kappa shape index (κ3) is 1.93. The highest BCUT2D eigenvalue weighted by Gasteiger charge is 2.08. The summed E-state index contributed by atoms with van der Waals surface area (Å²) in [6.07, 6.45) is 1.90. The van der Waals surface area contributed by atoms with Crippen molar-refractivity contribution in [2.45, 2.75) is 6.54 Å². The monoisotopic (exact) mass is 264 g/mol. The minimum absolute atomic E-state index is 0.449. The zero-order chi connectivity index (χ0) is 11.8. The second-order valence-corrected chi connectivity index (χ2v) is 5.04. The molecule has 0 saturated carbocycles. The second kappa shape index (κ2) is 4.10. The lowest BCUT2D eigenvalue weighted by Crippen LogP contribution is -1.95. The summed E-state index contributed by atoms with van der Waals surface area (Å²) in [4.78, 5) is 5.36. The summed E-state index contributed by atoms with van der Waals surface area (Å²) in [5.41, 5.74) is 7.45. The first kappa shape index (κ1) is 10.7. The van der Waals surface area contributed by atoms with Crippen LogP contribution in [0.2, 0.25) is 5.02 Å². The van der Waals surface area contributed by atoms with Gasteiger partial charge in [0, 0.05) is 17.1 Å². The van der Waals surface area contributed by atoms with Gasteiger partial charge in [-0.3, -0.25) is 0 Å². The van der Waals surface area contributed by atoms with Gasteiger partial charge in [0.05, 0.1) is 11.9 Å². The first-order chi connectivity index (χ1) is 8.26. The molecule has 2 heterocycles. The first-order valence-corrected chi connectivity index (χ1v) is 6.27. The molecule has 86 valence electrons. The molecule has 3 rings (SSSR count). The molecule has 0 amide bonds. The van der Waals surface area contributed by atoms with Crippen molar-refractivity contribution in [3.05, 3.63) is 40.5 Å². The van der Waals surface area contributed by atoms with E-state index in [-0.39, 0.29) is 0 Å². The molecular formula is C11H9ClN4S. The Hall–Kier alpha value is -1.43. The number of imidazole rings is 1. The molecule has 0 fully saturated rings. The first-order valence-electron chi connectivity index (χ1n) is 5.07. The van der Waals surface area contributed by atoms with Crippen molar-refractivity contribution in [3.8, 4) is 11.3 Å². The van der Waals surface area contributed by atoms with Gasteiger partial charge in [-0.05, 0) is 12.1 Å². The van der Waals surface area contributed by atoms with Crippen LogP contribution in [0.5, 0.6) is 0 Å². The number of hydrogen-bond acceptors (Lipinski definition) is 4. The number of benzene rings is 1. The lowest BCUT2D eigenvalue weighted by atomic mass is 10.2. The van der Waals surface area contributed by atoms with E-state index in [9.17, 15) is 0 Å². The van der Waals surface area contributed by atoms with Crippen LogP contribution in [0.4, 0.5) is 0 Å². The Morgan fingerprint density at radius 1 is 1.29 bits per heavy atom. The number of halogens is 1. The molecule has 0 radical (unpaired) electrons. The van der Waals surface area contributed by atoms with E-state index in [4.69, 9.17) is 17.3 Å². The van der Waals surface area contributed by atoms with Crippen LogP contribution in [-0.2, 0) is 6.54 Å². The van der Waals surface area contributed by atoms with Crippen molar-refractivity contribution < 1.29 is 0 Å². The quantitative estimate of drug-likeness (QED) is 0.774. The average Bonchev–Trinajstić information content (AvgIpc) is 2.87. The van der Waals surface area contributed by atoms with Gasteiger partial charge in [0.1, 0.15) is 5.01 Å². The summed E-state index contributed by atoms with van der Waals surface area (Å²) in [5.74, 6) is 0. The Bertz CT molecular complexity index is 624. The number of hydrogen-bond donors (Lipinski definition) is 1. The molecule has 0 bridgehead atoms. The van der Waals surface area contributed by atoms with Gasteiger partial charge in [-0.2, -0.15) is 5.10 Å². The van der Waals surface area contributed by atoms with Crippen molar-refractivity contribution in [2.75, 3.05) is 0 Å². The van der Waals surface area contributed by atoms with Crippen molar-refractivity contribution in [1.82, 2.24) is 14.6 Å². The molecule has 4 nitrogen and oxygen atoms in total. The lowest BCUT2D eigenvalue weighted by molar-refractivity contribution is 0.897. The highest BCUT2D eigenvalue weighted by atomic mass is 35.5. The normalized spacial score (nSPS) is 11.2. The fraction of sp³-hybridized carbons (Fsp3) is 0.0909. The molecule has 0 aliphatic heterocycles. The molecule has 0 unspecified atom stereocenters. The van der Waals surface area contributed by atoms with E-state index in [0.29, 0.717) is 6.54 Å². The van der Waals surface area contributed by atoms with Gasteiger partial charge < -0.3 is 5.73 Å². The minimum Gasteiger partial charge on any atom is -0.324 e. The molecule has 1 aromatic carbocycles. The highest BCUT2D eigenvalue weighted by Crippen LogP contribution is 2.23. The molecule has 3 aromatic rings. The minimum atomic E-state index is 0.449. The largest absolute Gasteiger partial charge is 0.324 e. The molecule has 0 atom stereocenters. The smallest absolute Gasteiger partial charge is 0.212 e. The van der Waals surface area contributed by atoms with E-state index in [1.54, 1.807) is 4.52 Å². The van der Waals surface area contributed by atoms with Gasteiger partial charge in [0.2, 0.25) is 4.96 Å². The van der Waals surface area contributed by atoms with E-state index in [0.717, 1.165) is 26.2 Å². The van der Waals surface area contributed by atoms with Crippen LogP contribution in [0.3, 0.4) is 0 Å². The Kier molecular flexibility index (Phi) is 2.58. The summed E-state index contributed by atoms with van der Waals surface area (Å²) in [5, 5.41) is 5.92. The Morgan fingerprint density at radius 2 is 2.06 bits per heavy atom. The zero-order valence-corrected chi connectivity index (χ0v) is 10.4. The van der Waals surface area contributed by atoms with Crippen LogP contribution in [0.25, 0.3) is 16.2 Å². The van der Waals surface area contributed by atoms with Crippen LogP contribution in [0.1, 0.15) is 5.01 Å². The Labute approximate surface area is 107 Å². The van der Waals surface area contributed by atoms with Gasteiger partial charge >= 0.3 is 0 Å². The molecule has 2 aromatic heterocycles. The topological polar surface area (TPSA) is 56.2 Å². The molecule has 6 heteroatoms. The van der Waals surface area contributed by atoms with Crippen LogP contribution in [0.15, 0.2) is 30.5 Å². The van der Waals surface area contributed by atoms with Gasteiger partial charge in [0.15, 0.2) is 0 Å². The van der Waals surface area contributed by atoms with Gasteiger partial charge in [-0.25, -0.2) is 9.50 Å². The fourth-order valence-electron chi connectivity index (χ4n) is 1.58. The van der Waals surface area contributed by atoms with E-state index in [1.807, 2.05) is 30.5 Å². The highest BCUT2D eigenvalue weighted by molar-refractivity contribution is 7.16. The molecule has 2 N–H and O–H groups in total. The standard InChI is InChI=1S/C11H9ClN4S/c12-8-3-1-7(2-4-8)9-6-16-11(14-9)17-10(5-13)15-16/h1-4,6H,5,13H2. The van der Waals surface area contributed by atoms with Crippen LogP contribution < -0.4 is 5.73 Å². The molecule has 17 heavy (non-hydrogen) atoms. The maximum absolute atomic E-state index is 5.85. The average molecular weight is 265 g/mol. The van der Waals surface area contributed by atoms with Gasteiger partial charge in [-0.15, -0.1) is 0 Å². The predicted octanol–water partition coefficient (Wildman–Crippen LogP) is 2.57. The molecule has 0 saturated heterocycles. The molecular weight excluding hydrogens is 256 g/mol. The number of nitrogens with two attached hydrogens (primary N) is 1. The number of fused-ring (bicyclic) bond motifs is 1. The molecule has 0 spiro atoms. The third-order valence-electron chi connectivity index (χ3n) is 2.40. The molecule has 0 aliphatic rings. The van der Waals surface area contributed by atoms with Crippen molar-refractivity contribution in [1.29, 1.82) is 0 Å². The van der Waals surface area contributed by atoms with Crippen molar-refractivity contribution in [2.24, 2.45) is 5.73 Å². The Morgan fingerprint density at radius 3 is 2.71 bits per heavy atom. The summed E-state index contributed by atoms with van der Waals surface area (Å²) in [6, 6.07) is 7.59. The lowest BCUT2D eigenvalue weighted by Gasteiger charge is -1.95. The van der Waals surface area contributed by atoms with Crippen molar-refractivity contribution >= 4 is 27.9 Å². The zero-order valence-electron chi connectivity index (χ0n) is 8.80. The summed E-state index contributed by atoms with van der Waals surface area (Å²) in [7, 11) is 0. The van der Waals surface area contributed by atoms with Crippen LogP contribution in [0, 0.1) is 0 Å². The summed E-state index contributed by atoms with van der Waals surface area (Å²) < 4.78 is 1.76. The summed E-state index contributed by atoms with van der Waals surface area (Å²) >= 11 is 7.35. The van der Waals surface area contributed by atoms with Crippen molar-refractivity contribution in [3.63, 3.8) is 0 Å². The number of rotatable bonds is 2. The fourth-order valence-corrected chi connectivity index (χ4v) is 2.46. The summed E-state index contributed by atoms with van der Waals surface area (Å²) in [6.45, 7) is 0.449. The van der Waals surface area contributed by atoms with Crippen LogP contribution >= 0.6 is 22.9 Å². The van der Waals surface area contributed by atoms with Gasteiger partial charge in [-0.1, -0.05) is 35.1 Å². The Balaban J connectivity index is 2.06. The van der Waals surface area contributed by atoms with Gasteiger partial charge in [0.25, 0.3) is 0 Å². The predicted molar refractivity (Wildman–Crippen MR) is 69.2 cm³/mol. The van der Waals surface area contributed by atoms with E-state index in [2.05, 4.69) is 10.1 Å². The SMILES string of the molecule is NCc1nn2cc(-c3ccc(Cl)cc3)nc2s1. The maximum Gasteiger partial charge on any atom is 0.212 e. The molecule has 0 aliphatic carbocycles. The van der Waals surface area contributed by atoms with E-state index >= 15 is 0 Å². The van der Waals surface area contributed by atoms with E-state index in [1.165, 1.54) is 11.3 Å². The van der Waals surface area contributed by atoms with Crippen LogP contribution in [-0.4, -0.2) is 14.6 Å². The third-order valence-corrected chi connectivity index (χ3v) is 3.60. The second-order valence-electron chi connectivity index (χ2n) is 3.56. The number of aromatic nitrogens is 3. The van der Waals surface area contributed by atoms with E-state index < -0.39 is 0 Å². The maximum atomic E-state index is 5.85.